The number of fused-ring (bicyclic) bond motifs is 1. The standard InChI is InChI=1S/C20H19NO5S/c1-11-4-5-12-10-17(27-16(12)6-11)18(22)21-15-8-13(19(23)25-2)7-14(9-15)20(24)26-3/h4-9,17H,10H2,1-3H3,(H,21,22). The van der Waals surface area contributed by atoms with E-state index in [1.165, 1.54) is 44.2 Å². The zero-order chi connectivity index (χ0) is 19.6. The smallest absolute Gasteiger partial charge is 0.337 e. The minimum absolute atomic E-state index is 0.161. The Hall–Kier alpha value is -2.80. The summed E-state index contributed by atoms with van der Waals surface area (Å²) in [7, 11) is 2.50. The van der Waals surface area contributed by atoms with Crippen molar-refractivity contribution in [3.8, 4) is 0 Å². The largest absolute Gasteiger partial charge is 0.465 e. The molecule has 0 saturated carbocycles. The molecule has 3 rings (SSSR count). The molecular formula is C20H19NO5S. The van der Waals surface area contributed by atoms with Crippen LogP contribution in [0.5, 0.6) is 0 Å². The quantitative estimate of drug-likeness (QED) is 0.814. The third kappa shape index (κ3) is 4.14. The van der Waals surface area contributed by atoms with Gasteiger partial charge < -0.3 is 14.8 Å². The van der Waals surface area contributed by atoms with Crippen LogP contribution in [-0.2, 0) is 20.7 Å². The Balaban J connectivity index is 1.81. The van der Waals surface area contributed by atoms with Crippen LogP contribution in [0.4, 0.5) is 5.69 Å². The molecule has 0 aromatic heterocycles. The number of methoxy groups -OCH3 is 2. The lowest BCUT2D eigenvalue weighted by molar-refractivity contribution is -0.115. The molecule has 1 amide bonds. The third-order valence-corrected chi connectivity index (χ3v) is 5.53. The molecule has 27 heavy (non-hydrogen) atoms. The van der Waals surface area contributed by atoms with Crippen LogP contribution in [0.25, 0.3) is 0 Å². The molecule has 0 aliphatic carbocycles. The van der Waals surface area contributed by atoms with Crippen molar-refractivity contribution in [1.82, 2.24) is 0 Å². The lowest BCUT2D eigenvalue weighted by Gasteiger charge is -2.12. The Morgan fingerprint density at radius 1 is 1.00 bits per heavy atom. The normalized spacial score (nSPS) is 15.0. The number of thioether (sulfide) groups is 1. The van der Waals surface area contributed by atoms with Crippen molar-refractivity contribution < 1.29 is 23.9 Å². The summed E-state index contributed by atoms with van der Waals surface area (Å²) >= 11 is 1.51. The number of rotatable bonds is 4. The molecule has 1 aliphatic heterocycles. The molecular weight excluding hydrogens is 366 g/mol. The van der Waals surface area contributed by atoms with Gasteiger partial charge in [-0.1, -0.05) is 17.7 Å². The van der Waals surface area contributed by atoms with Crippen LogP contribution >= 0.6 is 11.8 Å². The van der Waals surface area contributed by atoms with Gasteiger partial charge in [-0.3, -0.25) is 4.79 Å². The fourth-order valence-corrected chi connectivity index (χ4v) is 4.17. The zero-order valence-corrected chi connectivity index (χ0v) is 16.0. The molecule has 0 bridgehead atoms. The van der Waals surface area contributed by atoms with Crippen molar-refractivity contribution in [1.29, 1.82) is 0 Å². The first-order valence-corrected chi connectivity index (χ1v) is 9.18. The van der Waals surface area contributed by atoms with Crippen LogP contribution in [0.1, 0.15) is 31.8 Å². The summed E-state index contributed by atoms with van der Waals surface area (Å²) < 4.78 is 9.42. The van der Waals surface area contributed by atoms with E-state index in [4.69, 9.17) is 9.47 Å². The van der Waals surface area contributed by atoms with Crippen molar-refractivity contribution in [3.63, 3.8) is 0 Å². The van der Waals surface area contributed by atoms with Crippen LogP contribution < -0.4 is 5.32 Å². The first-order valence-electron chi connectivity index (χ1n) is 8.30. The molecule has 1 heterocycles. The molecule has 1 aliphatic rings. The molecule has 0 spiro atoms. The van der Waals surface area contributed by atoms with Gasteiger partial charge >= 0.3 is 11.9 Å². The Labute approximate surface area is 161 Å². The number of amides is 1. The highest BCUT2D eigenvalue weighted by molar-refractivity contribution is 8.01. The van der Waals surface area contributed by atoms with Gasteiger partial charge in [-0.2, -0.15) is 0 Å². The topological polar surface area (TPSA) is 81.7 Å². The van der Waals surface area contributed by atoms with Crippen molar-refractivity contribution in [2.24, 2.45) is 0 Å². The van der Waals surface area contributed by atoms with E-state index >= 15 is 0 Å². The van der Waals surface area contributed by atoms with Crippen molar-refractivity contribution in [3.05, 3.63) is 58.7 Å². The van der Waals surface area contributed by atoms with E-state index in [1.54, 1.807) is 0 Å². The molecule has 1 unspecified atom stereocenters. The number of benzene rings is 2. The highest BCUT2D eigenvalue weighted by Gasteiger charge is 2.28. The van der Waals surface area contributed by atoms with Crippen LogP contribution in [-0.4, -0.2) is 37.3 Å². The van der Waals surface area contributed by atoms with Gasteiger partial charge in [-0.15, -0.1) is 11.8 Å². The molecule has 0 saturated heterocycles. The maximum atomic E-state index is 12.7. The van der Waals surface area contributed by atoms with Gasteiger partial charge in [0.25, 0.3) is 0 Å². The molecule has 140 valence electrons. The van der Waals surface area contributed by atoms with Gasteiger partial charge in [0.1, 0.15) is 0 Å². The summed E-state index contributed by atoms with van der Waals surface area (Å²) in [6.45, 7) is 2.01. The van der Waals surface area contributed by atoms with Gasteiger partial charge in [0.05, 0.1) is 30.6 Å². The number of ether oxygens (including phenoxy) is 2. The van der Waals surface area contributed by atoms with Crippen molar-refractivity contribution in [2.45, 2.75) is 23.5 Å². The van der Waals surface area contributed by atoms with Crippen LogP contribution in [0.3, 0.4) is 0 Å². The van der Waals surface area contributed by atoms with Crippen molar-refractivity contribution in [2.75, 3.05) is 19.5 Å². The summed E-state index contributed by atoms with van der Waals surface area (Å²) in [4.78, 5) is 37.5. The van der Waals surface area contributed by atoms with Crippen LogP contribution in [0.2, 0.25) is 0 Å². The van der Waals surface area contributed by atoms with E-state index in [0.29, 0.717) is 12.1 Å². The monoisotopic (exact) mass is 385 g/mol. The van der Waals surface area contributed by atoms with Gasteiger partial charge in [0, 0.05) is 10.6 Å². The number of hydrogen-bond acceptors (Lipinski definition) is 6. The number of anilines is 1. The summed E-state index contributed by atoms with van der Waals surface area (Å²) in [5.41, 5.74) is 2.96. The number of hydrogen-bond donors (Lipinski definition) is 1. The van der Waals surface area contributed by atoms with Crippen LogP contribution in [0.15, 0.2) is 41.3 Å². The SMILES string of the molecule is COC(=O)c1cc(NC(=O)C2Cc3ccc(C)cc3S2)cc(C(=O)OC)c1. The number of nitrogens with one attached hydrogen (secondary N) is 1. The second-order valence-electron chi connectivity index (χ2n) is 6.19. The number of carbonyl (C=O) groups is 3. The van der Waals surface area contributed by atoms with Gasteiger partial charge in [0.15, 0.2) is 0 Å². The molecule has 1 N–H and O–H groups in total. The summed E-state index contributed by atoms with van der Waals surface area (Å²) in [6, 6.07) is 10.5. The third-order valence-electron chi connectivity index (χ3n) is 4.23. The van der Waals surface area contributed by atoms with Crippen LogP contribution in [0, 0.1) is 6.92 Å². The van der Waals surface area contributed by atoms with Crippen molar-refractivity contribution >= 4 is 35.3 Å². The lowest BCUT2D eigenvalue weighted by Crippen LogP contribution is -2.25. The van der Waals surface area contributed by atoms with Gasteiger partial charge in [0.2, 0.25) is 5.91 Å². The fraction of sp³-hybridized carbons (Fsp3) is 0.250. The molecule has 0 fully saturated rings. The predicted molar refractivity (Wildman–Crippen MR) is 102 cm³/mol. The van der Waals surface area contributed by atoms with Gasteiger partial charge in [-0.05, 0) is 43.2 Å². The first-order chi connectivity index (χ1) is 12.9. The summed E-state index contributed by atoms with van der Waals surface area (Å²) in [6.07, 6.45) is 0.632. The molecule has 0 radical (unpaired) electrons. The highest BCUT2D eigenvalue weighted by atomic mass is 32.2. The maximum Gasteiger partial charge on any atom is 0.337 e. The Morgan fingerprint density at radius 3 is 2.22 bits per heavy atom. The average Bonchev–Trinajstić information content (AvgIpc) is 3.09. The summed E-state index contributed by atoms with van der Waals surface area (Å²) in [5.74, 6) is -1.39. The minimum Gasteiger partial charge on any atom is -0.465 e. The fourth-order valence-electron chi connectivity index (χ4n) is 2.87. The Bertz CT molecular complexity index is 890. The lowest BCUT2D eigenvalue weighted by atomic mass is 10.1. The number of aryl methyl sites for hydroxylation is 1. The molecule has 7 heteroatoms. The first kappa shape index (κ1) is 19.0. The summed E-state index contributed by atoms with van der Waals surface area (Å²) in [5, 5.41) is 2.52. The Morgan fingerprint density at radius 2 is 1.63 bits per heavy atom. The second kappa shape index (κ2) is 7.84. The van der Waals surface area contributed by atoms with Gasteiger partial charge in [-0.25, -0.2) is 9.59 Å². The predicted octanol–water partition coefficient (Wildman–Crippen LogP) is 3.22. The Kier molecular flexibility index (Phi) is 5.51. The van der Waals surface area contributed by atoms with E-state index in [2.05, 4.69) is 11.4 Å². The second-order valence-corrected chi connectivity index (χ2v) is 7.44. The molecule has 1 atom stereocenters. The van der Waals surface area contributed by atoms with E-state index in [9.17, 15) is 14.4 Å². The molecule has 2 aromatic carbocycles. The molecule has 6 nitrogen and oxygen atoms in total. The van der Waals surface area contributed by atoms with E-state index in [0.717, 1.165) is 16.0 Å². The van der Waals surface area contributed by atoms with E-state index in [-0.39, 0.29) is 22.3 Å². The maximum absolute atomic E-state index is 12.7. The highest BCUT2D eigenvalue weighted by Crippen LogP contribution is 2.38. The zero-order valence-electron chi connectivity index (χ0n) is 15.2. The van der Waals surface area contributed by atoms with E-state index in [1.807, 2.05) is 19.1 Å². The average molecular weight is 385 g/mol. The number of carbonyl (C=O) groups excluding carboxylic acids is 3. The number of esters is 2. The van der Waals surface area contributed by atoms with E-state index < -0.39 is 11.9 Å². The minimum atomic E-state index is -0.602. The molecule has 2 aromatic rings.